The molecule has 0 saturated carbocycles. The summed E-state index contributed by atoms with van der Waals surface area (Å²) < 4.78 is 4.50. The largest absolute Gasteiger partial charge is 0.465 e. The number of carbonyl (C=O) groups is 3. The van der Waals surface area contributed by atoms with E-state index in [1.54, 1.807) is 24.3 Å². The van der Waals surface area contributed by atoms with Gasteiger partial charge in [-0.2, -0.15) is 0 Å². The highest BCUT2D eigenvalue weighted by molar-refractivity contribution is 5.89. The molecule has 3 aromatic carbocycles. The second kappa shape index (κ2) is 15.0. The zero-order valence-corrected chi connectivity index (χ0v) is 18.0. The van der Waals surface area contributed by atoms with Crippen LogP contribution in [-0.4, -0.2) is 24.9 Å². The van der Waals surface area contributed by atoms with Crippen LogP contribution in [0.1, 0.15) is 29.8 Å². The molecule has 0 aromatic heterocycles. The summed E-state index contributed by atoms with van der Waals surface area (Å²) in [7, 11) is 1.37. The molecule has 0 aliphatic heterocycles. The van der Waals surface area contributed by atoms with Crippen molar-refractivity contribution in [1.29, 1.82) is 0 Å². The zero-order chi connectivity index (χ0) is 22.9. The molecule has 0 aliphatic rings. The van der Waals surface area contributed by atoms with Crippen molar-refractivity contribution in [3.8, 4) is 0 Å². The molecule has 6 heteroatoms. The van der Waals surface area contributed by atoms with E-state index in [0.29, 0.717) is 12.1 Å². The molecular formula is C25H28N2O4. The van der Waals surface area contributed by atoms with Crippen molar-refractivity contribution in [2.45, 2.75) is 20.4 Å². The van der Waals surface area contributed by atoms with Crippen molar-refractivity contribution in [3.63, 3.8) is 0 Å². The second-order valence-corrected chi connectivity index (χ2v) is 6.30. The summed E-state index contributed by atoms with van der Waals surface area (Å²) in [4.78, 5) is 31.8. The lowest BCUT2D eigenvalue weighted by Crippen LogP contribution is -2.18. The van der Waals surface area contributed by atoms with Gasteiger partial charge < -0.3 is 15.4 Å². The monoisotopic (exact) mass is 420 g/mol. The van der Waals surface area contributed by atoms with Crippen LogP contribution in [0, 0.1) is 0 Å². The fraction of sp³-hybridized carbons (Fsp3) is 0.160. The highest BCUT2D eigenvalue weighted by Crippen LogP contribution is 2.03. The summed E-state index contributed by atoms with van der Waals surface area (Å²) in [6, 6.07) is 28.1. The van der Waals surface area contributed by atoms with Crippen molar-refractivity contribution in [2.24, 2.45) is 0 Å². The molecule has 2 N–H and O–H groups in total. The van der Waals surface area contributed by atoms with Crippen LogP contribution in [0.15, 0.2) is 91.0 Å². The maximum atomic E-state index is 10.8. The quantitative estimate of drug-likeness (QED) is 0.611. The number of rotatable bonds is 4. The number of benzene rings is 3. The summed E-state index contributed by atoms with van der Waals surface area (Å²) in [6.07, 6.45) is 0. The van der Waals surface area contributed by atoms with Crippen molar-refractivity contribution in [3.05, 3.63) is 102 Å². The second-order valence-electron chi connectivity index (χ2n) is 6.30. The van der Waals surface area contributed by atoms with E-state index in [9.17, 15) is 14.4 Å². The van der Waals surface area contributed by atoms with Gasteiger partial charge in [0.05, 0.1) is 12.7 Å². The van der Waals surface area contributed by atoms with Gasteiger partial charge in [-0.05, 0) is 29.8 Å². The molecule has 0 spiro atoms. The third kappa shape index (κ3) is 12.3. The van der Waals surface area contributed by atoms with Crippen LogP contribution in [-0.2, 0) is 20.9 Å². The number of anilines is 1. The molecule has 31 heavy (non-hydrogen) atoms. The number of carbonyl (C=O) groups excluding carboxylic acids is 3. The van der Waals surface area contributed by atoms with E-state index in [0.717, 1.165) is 11.3 Å². The first kappa shape index (κ1) is 25.1. The van der Waals surface area contributed by atoms with Gasteiger partial charge in [-0.25, -0.2) is 4.79 Å². The normalized spacial score (nSPS) is 9.00. The van der Waals surface area contributed by atoms with Gasteiger partial charge in [0.15, 0.2) is 0 Å². The standard InChI is InChI=1S/C9H11NO.C8H9NO.C8H8O2/c1-8(11)10-7-9-5-3-2-4-6-9;1-7(10)9-8-5-3-2-4-6-8;1-10-8(9)7-5-3-2-4-6-7/h2-6H,7H2,1H3,(H,10,11);2-6H,1H3,(H,9,10);2-6H,1H3. The Morgan fingerprint density at radius 3 is 1.65 bits per heavy atom. The average Bonchev–Trinajstić information content (AvgIpc) is 2.79. The lowest BCUT2D eigenvalue weighted by atomic mass is 10.2. The minimum Gasteiger partial charge on any atom is -0.465 e. The summed E-state index contributed by atoms with van der Waals surface area (Å²) in [5, 5.41) is 5.39. The molecular weight excluding hydrogens is 392 g/mol. The van der Waals surface area contributed by atoms with E-state index in [4.69, 9.17) is 0 Å². The van der Waals surface area contributed by atoms with Crippen molar-refractivity contribution >= 4 is 23.5 Å². The van der Waals surface area contributed by atoms with Crippen LogP contribution in [0.5, 0.6) is 0 Å². The van der Waals surface area contributed by atoms with Gasteiger partial charge in [0.1, 0.15) is 0 Å². The van der Waals surface area contributed by atoms with Gasteiger partial charge >= 0.3 is 5.97 Å². The molecule has 0 fully saturated rings. The van der Waals surface area contributed by atoms with Crippen molar-refractivity contribution in [2.75, 3.05) is 12.4 Å². The predicted molar refractivity (Wildman–Crippen MR) is 122 cm³/mol. The van der Waals surface area contributed by atoms with Crippen molar-refractivity contribution < 1.29 is 19.1 Å². The van der Waals surface area contributed by atoms with Gasteiger partial charge in [-0.1, -0.05) is 66.7 Å². The van der Waals surface area contributed by atoms with Crippen molar-refractivity contribution in [1.82, 2.24) is 5.32 Å². The molecule has 0 bridgehead atoms. The molecule has 3 aromatic rings. The molecule has 0 radical (unpaired) electrons. The highest BCUT2D eigenvalue weighted by Gasteiger charge is 2.00. The zero-order valence-electron chi connectivity index (χ0n) is 18.0. The first-order valence-electron chi connectivity index (χ1n) is 9.66. The number of para-hydroxylation sites is 1. The van der Waals surface area contributed by atoms with Gasteiger partial charge in [0, 0.05) is 26.1 Å². The Kier molecular flexibility index (Phi) is 12.1. The SMILES string of the molecule is CC(=O)NCc1ccccc1.CC(=O)Nc1ccccc1.COC(=O)c1ccccc1. The first-order chi connectivity index (χ1) is 14.9. The Balaban J connectivity index is 0.000000233. The molecule has 0 saturated heterocycles. The van der Waals surface area contributed by atoms with Crippen LogP contribution in [0.4, 0.5) is 5.69 Å². The summed E-state index contributed by atoms with van der Waals surface area (Å²) in [5.74, 6) is -0.319. The van der Waals surface area contributed by atoms with E-state index < -0.39 is 0 Å². The Morgan fingerprint density at radius 1 is 0.710 bits per heavy atom. The molecule has 0 unspecified atom stereocenters. The van der Waals surface area contributed by atoms with Gasteiger partial charge in [0.25, 0.3) is 0 Å². The van der Waals surface area contributed by atoms with E-state index >= 15 is 0 Å². The van der Waals surface area contributed by atoms with E-state index in [1.165, 1.54) is 21.0 Å². The number of esters is 1. The Morgan fingerprint density at radius 2 is 1.19 bits per heavy atom. The van der Waals surface area contributed by atoms with Crippen LogP contribution in [0.25, 0.3) is 0 Å². The van der Waals surface area contributed by atoms with Gasteiger partial charge in [0.2, 0.25) is 11.8 Å². The minimum atomic E-state index is -0.291. The highest BCUT2D eigenvalue weighted by atomic mass is 16.5. The fourth-order valence-corrected chi connectivity index (χ4v) is 2.24. The van der Waals surface area contributed by atoms with Crippen LogP contribution < -0.4 is 10.6 Å². The topological polar surface area (TPSA) is 84.5 Å². The van der Waals surface area contributed by atoms with Gasteiger partial charge in [-0.3, -0.25) is 9.59 Å². The molecule has 162 valence electrons. The Bertz CT molecular complexity index is 914. The van der Waals surface area contributed by atoms with Crippen LogP contribution in [0.3, 0.4) is 0 Å². The molecule has 2 amide bonds. The number of ether oxygens (including phenoxy) is 1. The molecule has 0 atom stereocenters. The van der Waals surface area contributed by atoms with Crippen LogP contribution in [0.2, 0.25) is 0 Å². The third-order valence-corrected chi connectivity index (χ3v) is 3.67. The molecule has 6 nitrogen and oxygen atoms in total. The summed E-state index contributed by atoms with van der Waals surface area (Å²) in [5.41, 5.74) is 2.56. The number of nitrogens with one attached hydrogen (secondary N) is 2. The maximum Gasteiger partial charge on any atom is 0.337 e. The Labute approximate surface area is 183 Å². The lowest BCUT2D eigenvalue weighted by molar-refractivity contribution is -0.119. The van der Waals surface area contributed by atoms with E-state index in [2.05, 4.69) is 15.4 Å². The predicted octanol–water partition coefficient (Wildman–Crippen LogP) is 4.44. The summed E-state index contributed by atoms with van der Waals surface area (Å²) in [6.45, 7) is 3.63. The average molecular weight is 421 g/mol. The maximum absolute atomic E-state index is 10.8. The summed E-state index contributed by atoms with van der Waals surface area (Å²) >= 11 is 0. The molecule has 0 aliphatic carbocycles. The van der Waals surface area contributed by atoms with Gasteiger partial charge in [-0.15, -0.1) is 0 Å². The minimum absolute atomic E-state index is 0.00820. The first-order valence-corrected chi connectivity index (χ1v) is 9.66. The number of methoxy groups -OCH3 is 1. The van der Waals surface area contributed by atoms with E-state index in [-0.39, 0.29) is 17.8 Å². The molecule has 3 rings (SSSR count). The van der Waals surface area contributed by atoms with Crippen LogP contribution >= 0.6 is 0 Å². The molecule has 0 heterocycles. The van der Waals surface area contributed by atoms with E-state index in [1.807, 2.05) is 66.7 Å². The third-order valence-electron chi connectivity index (χ3n) is 3.67. The number of hydrogen-bond donors (Lipinski definition) is 2. The number of amides is 2. The smallest absolute Gasteiger partial charge is 0.337 e. The Hall–Kier alpha value is -3.93. The lowest BCUT2D eigenvalue weighted by Gasteiger charge is -2.00. The number of hydrogen-bond acceptors (Lipinski definition) is 4. The fourth-order valence-electron chi connectivity index (χ4n) is 2.24.